The third kappa shape index (κ3) is 3.28. The number of ether oxygens (including phenoxy) is 2. The molecule has 7 nitrogen and oxygen atoms in total. The number of rotatable bonds is 5. The molecule has 1 N–H and O–H groups in total. The number of nitrogens with zero attached hydrogens (tertiary/aromatic N) is 3. The van der Waals surface area contributed by atoms with Crippen LogP contribution in [0.15, 0.2) is 24.4 Å². The third-order valence-corrected chi connectivity index (χ3v) is 4.91. The summed E-state index contributed by atoms with van der Waals surface area (Å²) in [7, 11) is 0. The Hall–Kier alpha value is -3.09. The summed E-state index contributed by atoms with van der Waals surface area (Å²) in [6.07, 6.45) is 2.63. The van der Waals surface area contributed by atoms with Gasteiger partial charge in [0, 0.05) is 36.4 Å². The smallest absolute Gasteiger partial charge is 0.254 e. The zero-order valence-corrected chi connectivity index (χ0v) is 16.6. The standard InChI is InChI=1S/C21H24N4O3/c1-5-27-18-8-15-7-13(3)28-19(15)9-16(18)10-23-21(26)17-11-22-20-6-12(2)24-25(20)14(17)4/h6,8-9,11,13H,5,7,10H2,1-4H3,(H,23,26)/t13-/m1/s1. The van der Waals surface area contributed by atoms with Crippen LogP contribution in [-0.2, 0) is 13.0 Å². The first-order valence-electron chi connectivity index (χ1n) is 9.51. The molecule has 0 radical (unpaired) electrons. The predicted octanol–water partition coefficient (Wildman–Crippen LogP) is 3.00. The van der Waals surface area contributed by atoms with Crippen LogP contribution < -0.4 is 14.8 Å². The Morgan fingerprint density at radius 1 is 1.36 bits per heavy atom. The quantitative estimate of drug-likeness (QED) is 0.736. The monoisotopic (exact) mass is 380 g/mol. The summed E-state index contributed by atoms with van der Waals surface area (Å²) in [6, 6.07) is 5.87. The molecule has 2 aromatic heterocycles. The molecule has 0 unspecified atom stereocenters. The van der Waals surface area contributed by atoms with E-state index in [0.717, 1.165) is 46.1 Å². The molecule has 0 fully saturated rings. The summed E-state index contributed by atoms with van der Waals surface area (Å²) in [5.74, 6) is 1.45. The predicted molar refractivity (Wildman–Crippen MR) is 105 cm³/mol. The molecule has 0 saturated carbocycles. The molecule has 0 bridgehead atoms. The van der Waals surface area contributed by atoms with Crippen LogP contribution in [0.5, 0.6) is 11.5 Å². The van der Waals surface area contributed by atoms with Gasteiger partial charge in [-0.05, 0) is 39.8 Å². The van der Waals surface area contributed by atoms with Crippen molar-refractivity contribution in [1.82, 2.24) is 19.9 Å². The Balaban J connectivity index is 1.57. The minimum atomic E-state index is -0.197. The van der Waals surface area contributed by atoms with E-state index in [-0.39, 0.29) is 12.0 Å². The summed E-state index contributed by atoms with van der Waals surface area (Å²) in [4.78, 5) is 17.1. The molecule has 0 saturated heterocycles. The molecular formula is C21H24N4O3. The molecule has 28 heavy (non-hydrogen) atoms. The van der Waals surface area contributed by atoms with E-state index in [9.17, 15) is 4.79 Å². The van der Waals surface area contributed by atoms with Gasteiger partial charge in [-0.15, -0.1) is 0 Å². The second kappa shape index (κ2) is 7.14. The highest BCUT2D eigenvalue weighted by molar-refractivity contribution is 5.95. The number of aryl methyl sites for hydroxylation is 2. The summed E-state index contributed by atoms with van der Waals surface area (Å²) >= 11 is 0. The third-order valence-electron chi connectivity index (χ3n) is 4.91. The number of fused-ring (bicyclic) bond motifs is 2. The molecule has 0 aliphatic carbocycles. The fourth-order valence-corrected chi connectivity index (χ4v) is 3.57. The van der Waals surface area contributed by atoms with Crippen molar-refractivity contribution in [2.45, 2.75) is 46.8 Å². The van der Waals surface area contributed by atoms with Gasteiger partial charge in [0.25, 0.3) is 5.91 Å². The average molecular weight is 380 g/mol. The van der Waals surface area contributed by atoms with Gasteiger partial charge in [-0.25, -0.2) is 9.50 Å². The van der Waals surface area contributed by atoms with Gasteiger partial charge in [0.05, 0.1) is 23.6 Å². The minimum absolute atomic E-state index is 0.160. The lowest BCUT2D eigenvalue weighted by molar-refractivity contribution is 0.0949. The van der Waals surface area contributed by atoms with Crippen LogP contribution in [0.4, 0.5) is 0 Å². The molecule has 4 rings (SSSR count). The molecular weight excluding hydrogens is 356 g/mol. The maximum Gasteiger partial charge on any atom is 0.254 e. The van der Waals surface area contributed by atoms with Crippen LogP contribution in [0.25, 0.3) is 5.65 Å². The van der Waals surface area contributed by atoms with E-state index in [1.54, 1.807) is 10.7 Å². The molecule has 0 spiro atoms. The van der Waals surface area contributed by atoms with Crippen LogP contribution in [-0.4, -0.2) is 33.2 Å². The highest BCUT2D eigenvalue weighted by Crippen LogP contribution is 2.35. The van der Waals surface area contributed by atoms with Crippen molar-refractivity contribution >= 4 is 11.6 Å². The van der Waals surface area contributed by atoms with Crippen LogP contribution in [0.2, 0.25) is 0 Å². The van der Waals surface area contributed by atoms with Crippen LogP contribution >= 0.6 is 0 Å². The van der Waals surface area contributed by atoms with Crippen molar-refractivity contribution in [3.05, 3.63) is 52.5 Å². The number of hydrogen-bond donors (Lipinski definition) is 1. The molecule has 1 aromatic carbocycles. The Morgan fingerprint density at radius 3 is 2.96 bits per heavy atom. The Kier molecular flexibility index (Phi) is 4.66. The first-order valence-corrected chi connectivity index (χ1v) is 9.51. The summed E-state index contributed by atoms with van der Waals surface area (Å²) in [5, 5.41) is 7.37. The summed E-state index contributed by atoms with van der Waals surface area (Å²) < 4.78 is 13.3. The van der Waals surface area contributed by atoms with Crippen LogP contribution in [0.3, 0.4) is 0 Å². The lowest BCUT2D eigenvalue weighted by Crippen LogP contribution is -2.25. The summed E-state index contributed by atoms with van der Waals surface area (Å²) in [5.41, 5.74) is 4.89. The van der Waals surface area contributed by atoms with Crippen LogP contribution in [0, 0.1) is 13.8 Å². The van der Waals surface area contributed by atoms with E-state index in [1.165, 1.54) is 0 Å². The van der Waals surface area contributed by atoms with Gasteiger partial charge in [-0.2, -0.15) is 5.10 Å². The molecule has 1 amide bonds. The second-order valence-electron chi connectivity index (χ2n) is 7.13. The molecule has 1 aliphatic rings. The number of aromatic nitrogens is 3. The molecule has 146 valence electrons. The largest absolute Gasteiger partial charge is 0.494 e. The second-order valence-corrected chi connectivity index (χ2v) is 7.13. The van der Waals surface area contributed by atoms with Gasteiger partial charge in [0.15, 0.2) is 5.65 Å². The van der Waals surface area contributed by atoms with Gasteiger partial charge < -0.3 is 14.8 Å². The molecule has 3 aromatic rings. The number of nitrogens with one attached hydrogen (secondary N) is 1. The zero-order valence-electron chi connectivity index (χ0n) is 16.6. The average Bonchev–Trinajstić information content (AvgIpc) is 3.21. The SMILES string of the molecule is CCOc1cc2c(cc1CNC(=O)c1cnc3cc(C)nn3c1C)O[C@H](C)C2. The lowest BCUT2D eigenvalue weighted by atomic mass is 10.1. The Labute approximate surface area is 163 Å². The maximum atomic E-state index is 12.8. The zero-order chi connectivity index (χ0) is 19.8. The minimum Gasteiger partial charge on any atom is -0.494 e. The van der Waals surface area contributed by atoms with Gasteiger partial charge in [-0.3, -0.25) is 4.79 Å². The van der Waals surface area contributed by atoms with E-state index in [0.29, 0.717) is 18.7 Å². The molecule has 1 atom stereocenters. The van der Waals surface area contributed by atoms with Crippen molar-refractivity contribution in [2.24, 2.45) is 0 Å². The first-order chi connectivity index (χ1) is 13.5. The number of benzene rings is 1. The lowest BCUT2D eigenvalue weighted by Gasteiger charge is -2.14. The topological polar surface area (TPSA) is 77.8 Å². The van der Waals surface area contributed by atoms with E-state index >= 15 is 0 Å². The van der Waals surface area contributed by atoms with Crippen LogP contribution in [0.1, 0.15) is 46.7 Å². The van der Waals surface area contributed by atoms with Crippen molar-refractivity contribution in [3.63, 3.8) is 0 Å². The van der Waals surface area contributed by atoms with Crippen molar-refractivity contribution in [2.75, 3.05) is 6.61 Å². The van der Waals surface area contributed by atoms with Crippen molar-refractivity contribution in [1.29, 1.82) is 0 Å². The molecule has 7 heteroatoms. The fraction of sp³-hybridized carbons (Fsp3) is 0.381. The highest BCUT2D eigenvalue weighted by atomic mass is 16.5. The van der Waals surface area contributed by atoms with Gasteiger partial charge in [0.1, 0.15) is 17.6 Å². The summed E-state index contributed by atoms with van der Waals surface area (Å²) in [6.45, 7) is 8.67. The van der Waals surface area contributed by atoms with Gasteiger partial charge >= 0.3 is 0 Å². The first kappa shape index (κ1) is 18.3. The van der Waals surface area contributed by atoms with E-state index in [2.05, 4.69) is 15.4 Å². The van der Waals surface area contributed by atoms with Crippen molar-refractivity contribution < 1.29 is 14.3 Å². The number of amides is 1. The number of carbonyl (C=O) groups excluding carboxylic acids is 1. The molecule has 1 aliphatic heterocycles. The maximum absolute atomic E-state index is 12.8. The normalized spacial score (nSPS) is 15.4. The molecule has 3 heterocycles. The van der Waals surface area contributed by atoms with E-state index in [1.807, 2.05) is 45.9 Å². The Morgan fingerprint density at radius 2 is 2.18 bits per heavy atom. The van der Waals surface area contributed by atoms with E-state index < -0.39 is 0 Å². The van der Waals surface area contributed by atoms with Gasteiger partial charge in [-0.1, -0.05) is 0 Å². The fourth-order valence-electron chi connectivity index (χ4n) is 3.57. The van der Waals surface area contributed by atoms with Gasteiger partial charge in [0.2, 0.25) is 0 Å². The Bertz CT molecular complexity index is 1060. The van der Waals surface area contributed by atoms with Crippen molar-refractivity contribution in [3.8, 4) is 11.5 Å². The number of hydrogen-bond acceptors (Lipinski definition) is 5. The van der Waals surface area contributed by atoms with E-state index in [4.69, 9.17) is 9.47 Å². The number of carbonyl (C=O) groups is 1. The highest BCUT2D eigenvalue weighted by Gasteiger charge is 2.22.